The van der Waals surface area contributed by atoms with Crippen molar-refractivity contribution in [3.05, 3.63) is 0 Å². The Bertz CT molecular complexity index is 80.1. The molecule has 0 radical (unpaired) electrons. The molecule has 1 unspecified atom stereocenters. The lowest BCUT2D eigenvalue weighted by Gasteiger charge is -1.94. The molecule has 0 aliphatic rings. The summed E-state index contributed by atoms with van der Waals surface area (Å²) in [6.45, 7) is 0. The first-order chi connectivity index (χ1) is 3.12. The van der Waals surface area contributed by atoms with Crippen LogP contribution in [-0.2, 0) is 14.0 Å². The van der Waals surface area contributed by atoms with Crippen LogP contribution in [0.2, 0.25) is 0 Å². The van der Waals surface area contributed by atoms with Crippen molar-refractivity contribution < 1.29 is 28.6 Å². The van der Waals surface area contributed by atoms with E-state index >= 15 is 0 Å². The molecule has 1 atom stereocenters. The van der Waals surface area contributed by atoms with Crippen LogP contribution in [0, 0.1) is 0 Å². The second kappa shape index (κ2) is 2.34. The van der Waals surface area contributed by atoms with E-state index in [2.05, 4.69) is 9.40 Å². The van der Waals surface area contributed by atoms with E-state index in [1.54, 1.807) is 0 Å². The van der Waals surface area contributed by atoms with Crippen molar-refractivity contribution >= 4 is 7.82 Å². The van der Waals surface area contributed by atoms with E-state index in [9.17, 15) is 9.09 Å². The second-order valence-corrected chi connectivity index (χ2v) is 1.86. The molecule has 2 N–H and O–H groups in total. The van der Waals surface area contributed by atoms with Gasteiger partial charge in [0, 0.05) is 0 Å². The molecule has 0 saturated heterocycles. The van der Waals surface area contributed by atoms with Crippen molar-refractivity contribution in [1.29, 1.82) is 0 Å². The summed E-state index contributed by atoms with van der Waals surface area (Å²) >= 11 is 0. The Balaban J connectivity index is 3.61. The molecule has 7 heteroatoms. The fourth-order valence-corrected chi connectivity index (χ4v) is 0.0378. The molecule has 0 aromatic carbocycles. The highest BCUT2D eigenvalue weighted by Crippen LogP contribution is 2.41. The van der Waals surface area contributed by atoms with Crippen LogP contribution in [0.5, 0.6) is 0 Å². The van der Waals surface area contributed by atoms with Gasteiger partial charge in [0.15, 0.2) is 0 Å². The van der Waals surface area contributed by atoms with Crippen LogP contribution >= 0.6 is 7.82 Å². The van der Waals surface area contributed by atoms with Crippen molar-refractivity contribution in [3.8, 4) is 0 Å². The molecule has 0 bridgehead atoms. The topological polar surface area (TPSA) is 76.0 Å². The minimum atomic E-state index is -4.77. The highest BCUT2D eigenvalue weighted by molar-refractivity contribution is 7.47. The molecule has 0 rings (SSSR count). The van der Waals surface area contributed by atoms with E-state index < -0.39 is 7.82 Å². The standard InChI is InChI=1S/FH2O5P/c1-5-7(3,4)6-2/h2H,(H,3,4). The number of hydrogen-bond acceptors (Lipinski definition) is 4. The van der Waals surface area contributed by atoms with Gasteiger partial charge in [-0.2, -0.15) is 0 Å². The molecule has 0 aromatic heterocycles. The van der Waals surface area contributed by atoms with Crippen LogP contribution in [0.1, 0.15) is 0 Å². The third-order valence-corrected chi connectivity index (χ3v) is 0.571. The van der Waals surface area contributed by atoms with Crippen LogP contribution in [0.4, 0.5) is 4.53 Å². The fourth-order valence-electron chi connectivity index (χ4n) is 0.0126. The normalized spacial score (nSPS) is 18.7. The molecule has 0 aliphatic carbocycles. The predicted octanol–water partition coefficient (Wildman–Crippen LogP) is 0.477. The van der Waals surface area contributed by atoms with Gasteiger partial charge in [0.25, 0.3) is 0 Å². The minimum Gasteiger partial charge on any atom is -0.299 e. The first-order valence-electron chi connectivity index (χ1n) is 1.08. The van der Waals surface area contributed by atoms with Gasteiger partial charge in [-0.15, -0.1) is 4.67 Å². The van der Waals surface area contributed by atoms with Gasteiger partial charge in [0.05, 0.1) is 0 Å². The molecular formula is H2FO5P. The SMILES string of the molecule is O=P(O)(OO)OF. The average Bonchev–Trinajstić information content (AvgIpc) is 1.68. The van der Waals surface area contributed by atoms with Crippen molar-refractivity contribution in [2.24, 2.45) is 0 Å². The van der Waals surface area contributed by atoms with E-state index in [0.29, 0.717) is 0 Å². The Labute approximate surface area is 37.7 Å². The molecule has 0 aliphatic heterocycles. The summed E-state index contributed by atoms with van der Waals surface area (Å²) in [5, 5.41) is 7.22. The maximum Gasteiger partial charge on any atom is 0.530 e. The van der Waals surface area contributed by atoms with Gasteiger partial charge in [0.1, 0.15) is 0 Å². The zero-order valence-corrected chi connectivity index (χ0v) is 3.84. The molecule has 44 valence electrons. The Morgan fingerprint density at radius 3 is 2.14 bits per heavy atom. The number of rotatable bonds is 2. The summed E-state index contributed by atoms with van der Waals surface area (Å²) in [5.41, 5.74) is 0. The number of halogens is 1. The maximum absolute atomic E-state index is 10.5. The van der Waals surface area contributed by atoms with Crippen LogP contribution in [0.3, 0.4) is 0 Å². The monoisotopic (exact) mass is 132 g/mol. The average molecular weight is 132 g/mol. The van der Waals surface area contributed by atoms with E-state index in [0.717, 1.165) is 0 Å². The minimum absolute atomic E-state index is 2.23. The van der Waals surface area contributed by atoms with Crippen LogP contribution in [0.15, 0.2) is 0 Å². The molecule has 0 spiro atoms. The van der Waals surface area contributed by atoms with Gasteiger partial charge in [0.2, 0.25) is 0 Å². The summed E-state index contributed by atoms with van der Waals surface area (Å²) in [5.74, 6) is 0. The van der Waals surface area contributed by atoms with Crippen LogP contribution in [-0.4, -0.2) is 10.2 Å². The lowest BCUT2D eigenvalue weighted by molar-refractivity contribution is -0.186. The smallest absolute Gasteiger partial charge is 0.299 e. The summed E-state index contributed by atoms with van der Waals surface area (Å²) < 4.78 is 24.7. The van der Waals surface area contributed by atoms with E-state index in [1.165, 1.54) is 0 Å². The summed E-state index contributed by atoms with van der Waals surface area (Å²) in [4.78, 5) is 7.62. The zero-order valence-electron chi connectivity index (χ0n) is 2.94. The Hall–Kier alpha value is -0.0000000000000000555. The van der Waals surface area contributed by atoms with Gasteiger partial charge in [-0.25, -0.2) is 9.82 Å². The van der Waals surface area contributed by atoms with Crippen molar-refractivity contribution in [2.75, 3.05) is 0 Å². The summed E-state index contributed by atoms with van der Waals surface area (Å²) in [6, 6.07) is 0. The molecule has 5 nitrogen and oxygen atoms in total. The second-order valence-electron chi connectivity index (χ2n) is 0.619. The lowest BCUT2D eigenvalue weighted by atomic mass is 15.0. The summed E-state index contributed by atoms with van der Waals surface area (Å²) in [7, 11) is -4.77. The summed E-state index contributed by atoms with van der Waals surface area (Å²) in [6.07, 6.45) is 0. The van der Waals surface area contributed by atoms with E-state index in [1.807, 2.05) is 0 Å². The highest BCUT2D eigenvalue weighted by atomic mass is 31.2. The fraction of sp³-hybridized carbons (Fsp3) is 0. The maximum atomic E-state index is 10.5. The molecular weight excluding hydrogens is 130 g/mol. The number of hydrogen-bond donors (Lipinski definition) is 2. The van der Waals surface area contributed by atoms with Crippen molar-refractivity contribution in [3.63, 3.8) is 0 Å². The Kier molecular flexibility index (Phi) is 2.34. The molecule has 0 saturated carbocycles. The van der Waals surface area contributed by atoms with Crippen LogP contribution in [0.25, 0.3) is 0 Å². The quantitative estimate of drug-likeness (QED) is 0.324. The van der Waals surface area contributed by atoms with Gasteiger partial charge < -0.3 is 0 Å². The van der Waals surface area contributed by atoms with Gasteiger partial charge in [-0.05, 0) is 4.53 Å². The molecule has 0 heterocycles. The Morgan fingerprint density at radius 2 is 2.14 bits per heavy atom. The lowest BCUT2D eigenvalue weighted by Crippen LogP contribution is -1.80. The van der Waals surface area contributed by atoms with E-state index in [-0.39, 0.29) is 0 Å². The van der Waals surface area contributed by atoms with Crippen molar-refractivity contribution in [2.45, 2.75) is 0 Å². The predicted molar refractivity (Wildman–Crippen MR) is 15.7 cm³/mol. The first-order valence-corrected chi connectivity index (χ1v) is 2.58. The highest BCUT2D eigenvalue weighted by Gasteiger charge is 2.20. The van der Waals surface area contributed by atoms with Crippen molar-refractivity contribution in [1.82, 2.24) is 0 Å². The molecule has 0 aromatic rings. The van der Waals surface area contributed by atoms with Gasteiger partial charge >= 0.3 is 7.82 Å². The first kappa shape index (κ1) is 7.00. The molecule has 0 amide bonds. The van der Waals surface area contributed by atoms with Crippen LogP contribution < -0.4 is 0 Å². The molecule has 7 heavy (non-hydrogen) atoms. The zero-order chi connectivity index (χ0) is 5.91. The number of phosphoric acid groups is 1. The Morgan fingerprint density at radius 1 is 1.71 bits per heavy atom. The third kappa shape index (κ3) is 2.67. The van der Waals surface area contributed by atoms with Gasteiger partial charge in [-0.1, -0.05) is 4.73 Å². The van der Waals surface area contributed by atoms with E-state index in [4.69, 9.17) is 10.2 Å². The molecule has 0 fully saturated rings. The van der Waals surface area contributed by atoms with Gasteiger partial charge in [-0.3, -0.25) is 4.89 Å². The largest absolute Gasteiger partial charge is 0.530 e. The third-order valence-electron chi connectivity index (χ3n) is 0.190.